The first-order chi connectivity index (χ1) is 12.5. The van der Waals surface area contributed by atoms with E-state index in [1.165, 1.54) is 0 Å². The molecule has 1 N–H and O–H groups in total. The van der Waals surface area contributed by atoms with Gasteiger partial charge in [0.15, 0.2) is 0 Å². The molecule has 0 amide bonds. The summed E-state index contributed by atoms with van der Waals surface area (Å²) in [6.07, 6.45) is 3.13. The van der Waals surface area contributed by atoms with E-state index in [-0.39, 0.29) is 0 Å². The van der Waals surface area contributed by atoms with Crippen LogP contribution in [0.15, 0.2) is 42.7 Å². The maximum atomic E-state index is 9.52. The van der Waals surface area contributed by atoms with E-state index in [1.807, 2.05) is 43.5 Å². The van der Waals surface area contributed by atoms with Crippen LogP contribution in [0.3, 0.4) is 0 Å². The smallest absolute Gasteiger partial charge is 0.134 e. The van der Waals surface area contributed by atoms with Gasteiger partial charge in [0.25, 0.3) is 0 Å². The van der Waals surface area contributed by atoms with Crippen molar-refractivity contribution in [3.05, 3.63) is 65.2 Å². The Morgan fingerprint density at radius 1 is 1.19 bits per heavy atom. The number of aryl methyl sites for hydroxylation is 1. The van der Waals surface area contributed by atoms with Gasteiger partial charge in [-0.2, -0.15) is 0 Å². The van der Waals surface area contributed by atoms with Gasteiger partial charge in [0.05, 0.1) is 31.6 Å². The van der Waals surface area contributed by atoms with Gasteiger partial charge in [-0.15, -0.1) is 5.10 Å². The number of ether oxygens (including phenoxy) is 2. The Kier molecular flexibility index (Phi) is 5.48. The number of methoxy groups -OCH3 is 1. The average molecular weight is 354 g/mol. The van der Waals surface area contributed by atoms with Crippen LogP contribution in [0.2, 0.25) is 0 Å². The maximum Gasteiger partial charge on any atom is 0.134 e. The van der Waals surface area contributed by atoms with Gasteiger partial charge in [0, 0.05) is 17.8 Å². The first-order valence-corrected chi connectivity index (χ1v) is 8.34. The van der Waals surface area contributed by atoms with Gasteiger partial charge in [-0.1, -0.05) is 17.3 Å². The Morgan fingerprint density at radius 3 is 2.65 bits per heavy atom. The average Bonchev–Trinajstić information content (AvgIpc) is 3.09. The highest BCUT2D eigenvalue weighted by Crippen LogP contribution is 2.19. The van der Waals surface area contributed by atoms with Crippen molar-refractivity contribution in [1.29, 1.82) is 0 Å². The van der Waals surface area contributed by atoms with Crippen LogP contribution in [-0.2, 0) is 13.2 Å². The van der Waals surface area contributed by atoms with Crippen molar-refractivity contribution in [2.75, 3.05) is 7.11 Å². The van der Waals surface area contributed by atoms with Gasteiger partial charge in [-0.05, 0) is 31.5 Å². The molecule has 26 heavy (non-hydrogen) atoms. The summed E-state index contributed by atoms with van der Waals surface area (Å²) in [5.41, 5.74) is 3.41. The predicted octanol–water partition coefficient (Wildman–Crippen LogP) is 2.67. The molecule has 2 aromatic heterocycles. The van der Waals surface area contributed by atoms with Gasteiger partial charge in [0.1, 0.15) is 23.8 Å². The lowest BCUT2D eigenvalue weighted by Crippen LogP contribution is -2.03. The largest absolute Gasteiger partial charge is 0.496 e. The first kappa shape index (κ1) is 17.9. The number of aliphatic hydroxyl groups excluding tert-OH is 1. The van der Waals surface area contributed by atoms with E-state index < -0.39 is 6.10 Å². The molecule has 136 valence electrons. The second-order valence-corrected chi connectivity index (χ2v) is 6.09. The van der Waals surface area contributed by atoms with Gasteiger partial charge >= 0.3 is 0 Å². The van der Waals surface area contributed by atoms with Gasteiger partial charge < -0.3 is 14.6 Å². The number of pyridine rings is 1. The minimum Gasteiger partial charge on any atom is -0.496 e. The van der Waals surface area contributed by atoms with E-state index in [4.69, 9.17) is 9.47 Å². The number of hydrogen-bond acceptors (Lipinski definition) is 6. The fraction of sp³-hybridized carbons (Fsp3) is 0.316. The number of aromatic nitrogens is 4. The molecule has 0 aliphatic heterocycles. The third kappa shape index (κ3) is 4.37. The highest BCUT2D eigenvalue weighted by Gasteiger charge is 2.07. The van der Waals surface area contributed by atoms with Crippen molar-refractivity contribution in [2.45, 2.75) is 33.1 Å². The van der Waals surface area contributed by atoms with Crippen molar-refractivity contribution in [2.24, 2.45) is 0 Å². The molecule has 0 saturated carbocycles. The molecule has 0 fully saturated rings. The molecule has 0 bridgehead atoms. The Hall–Kier alpha value is -2.93. The van der Waals surface area contributed by atoms with Crippen LogP contribution in [0.4, 0.5) is 0 Å². The Labute approximate surface area is 152 Å². The minimum atomic E-state index is -0.488. The zero-order valence-electron chi connectivity index (χ0n) is 15.1. The second-order valence-electron chi connectivity index (χ2n) is 6.09. The summed E-state index contributed by atoms with van der Waals surface area (Å²) in [4.78, 5) is 4.39. The molecule has 1 aromatic carbocycles. The van der Waals surface area contributed by atoms with Crippen LogP contribution >= 0.6 is 0 Å². The van der Waals surface area contributed by atoms with E-state index in [0.717, 1.165) is 28.3 Å². The summed E-state index contributed by atoms with van der Waals surface area (Å²) >= 11 is 0. The molecular weight excluding hydrogens is 332 g/mol. The van der Waals surface area contributed by atoms with Gasteiger partial charge in [-0.25, -0.2) is 4.68 Å². The molecule has 7 nitrogen and oxygen atoms in total. The fourth-order valence-corrected chi connectivity index (χ4v) is 2.50. The van der Waals surface area contributed by atoms with Gasteiger partial charge in [0.2, 0.25) is 0 Å². The maximum absolute atomic E-state index is 9.52. The lowest BCUT2D eigenvalue weighted by Gasteiger charge is -2.07. The molecule has 2 heterocycles. The van der Waals surface area contributed by atoms with Crippen LogP contribution in [0.5, 0.6) is 11.5 Å². The van der Waals surface area contributed by atoms with Crippen LogP contribution < -0.4 is 9.47 Å². The molecular formula is C19H22N4O3. The van der Waals surface area contributed by atoms with Crippen molar-refractivity contribution < 1.29 is 14.6 Å². The van der Waals surface area contributed by atoms with Crippen molar-refractivity contribution in [1.82, 2.24) is 20.0 Å². The molecule has 0 aliphatic carbocycles. The fourth-order valence-electron chi connectivity index (χ4n) is 2.50. The van der Waals surface area contributed by atoms with Crippen LogP contribution in [0, 0.1) is 6.92 Å². The molecule has 3 rings (SSSR count). The number of rotatable bonds is 7. The summed E-state index contributed by atoms with van der Waals surface area (Å²) < 4.78 is 12.7. The number of hydrogen-bond donors (Lipinski definition) is 1. The van der Waals surface area contributed by atoms with E-state index in [1.54, 1.807) is 24.9 Å². The number of benzene rings is 1. The van der Waals surface area contributed by atoms with E-state index in [2.05, 4.69) is 15.3 Å². The van der Waals surface area contributed by atoms with Crippen LogP contribution in [0.1, 0.15) is 35.5 Å². The van der Waals surface area contributed by atoms with E-state index >= 15 is 0 Å². The molecule has 1 unspecified atom stereocenters. The predicted molar refractivity (Wildman–Crippen MR) is 96.1 cm³/mol. The lowest BCUT2D eigenvalue weighted by atomic mass is 10.1. The highest BCUT2D eigenvalue weighted by atomic mass is 16.5. The SMILES string of the molecule is COc1cc(Cn2cc(COc3ccc(C(C)O)cc3)nn2)ncc1C. The molecule has 0 radical (unpaired) electrons. The zero-order valence-corrected chi connectivity index (χ0v) is 15.1. The van der Waals surface area contributed by atoms with E-state index in [9.17, 15) is 5.11 Å². The van der Waals surface area contributed by atoms with E-state index in [0.29, 0.717) is 18.9 Å². The molecule has 1 atom stereocenters. The molecule has 0 aliphatic rings. The lowest BCUT2D eigenvalue weighted by molar-refractivity contribution is 0.199. The second kappa shape index (κ2) is 7.97. The monoisotopic (exact) mass is 354 g/mol. The summed E-state index contributed by atoms with van der Waals surface area (Å²) in [7, 11) is 1.64. The summed E-state index contributed by atoms with van der Waals surface area (Å²) in [6.45, 7) is 4.51. The number of nitrogens with zero attached hydrogens (tertiary/aromatic N) is 4. The van der Waals surface area contributed by atoms with Crippen molar-refractivity contribution in [3.63, 3.8) is 0 Å². The third-order valence-electron chi connectivity index (χ3n) is 3.99. The Morgan fingerprint density at radius 2 is 1.96 bits per heavy atom. The standard InChI is InChI=1S/C19H22N4O3/c1-13-9-20-16(8-19(13)25-3)10-23-11-17(21-22-23)12-26-18-6-4-15(5-7-18)14(2)24/h4-9,11,14,24H,10,12H2,1-3H3. The minimum absolute atomic E-state index is 0.318. The highest BCUT2D eigenvalue weighted by molar-refractivity contribution is 5.32. The summed E-state index contributed by atoms with van der Waals surface area (Å²) in [6, 6.07) is 9.24. The van der Waals surface area contributed by atoms with Crippen LogP contribution in [-0.4, -0.2) is 32.2 Å². The Balaban J connectivity index is 1.59. The van der Waals surface area contributed by atoms with Gasteiger partial charge in [-0.3, -0.25) is 4.98 Å². The quantitative estimate of drug-likeness (QED) is 0.702. The topological polar surface area (TPSA) is 82.3 Å². The molecule has 0 saturated heterocycles. The zero-order chi connectivity index (χ0) is 18.5. The summed E-state index contributed by atoms with van der Waals surface area (Å²) in [5.74, 6) is 1.52. The first-order valence-electron chi connectivity index (χ1n) is 8.34. The number of aliphatic hydroxyl groups is 1. The molecule has 0 spiro atoms. The normalized spacial score (nSPS) is 12.0. The van der Waals surface area contributed by atoms with Crippen molar-refractivity contribution in [3.8, 4) is 11.5 Å². The summed E-state index contributed by atoms with van der Waals surface area (Å²) in [5, 5.41) is 17.8. The van der Waals surface area contributed by atoms with Crippen LogP contribution in [0.25, 0.3) is 0 Å². The molecule has 3 aromatic rings. The Bertz CT molecular complexity index is 859. The molecule has 7 heteroatoms. The van der Waals surface area contributed by atoms with Crippen molar-refractivity contribution >= 4 is 0 Å². The third-order valence-corrected chi connectivity index (χ3v) is 3.99.